The van der Waals surface area contributed by atoms with Gasteiger partial charge in [0.05, 0.1) is 7.05 Å². The third kappa shape index (κ3) is 14.1. The fraction of sp³-hybridized carbons (Fsp3) is 0.800. The van der Waals surface area contributed by atoms with Crippen LogP contribution in [0.1, 0.15) is 84.0 Å². The number of aromatic nitrogens is 2. The van der Waals surface area contributed by atoms with Crippen LogP contribution < -0.4 is 21.5 Å². The van der Waals surface area contributed by atoms with Gasteiger partial charge in [-0.3, -0.25) is 4.79 Å². The first-order valence-corrected chi connectivity index (χ1v) is 9.89. The van der Waals surface area contributed by atoms with Gasteiger partial charge in [0, 0.05) is 6.42 Å². The van der Waals surface area contributed by atoms with Crippen molar-refractivity contribution in [3.63, 3.8) is 0 Å². The van der Waals surface area contributed by atoms with Gasteiger partial charge in [-0.05, 0) is 6.42 Å². The lowest BCUT2D eigenvalue weighted by Crippen LogP contribution is -3.00. The molecule has 1 aromatic heterocycles. The number of hydrogen-bond acceptors (Lipinski definition) is 2. The van der Waals surface area contributed by atoms with Gasteiger partial charge in [0.2, 0.25) is 6.33 Å². The summed E-state index contributed by atoms with van der Waals surface area (Å²) in [6.07, 6.45) is 20.8. The van der Waals surface area contributed by atoms with Gasteiger partial charge in [0.1, 0.15) is 25.5 Å². The molecule has 0 saturated carbocycles. The zero-order valence-corrected chi connectivity index (χ0v) is 17.8. The van der Waals surface area contributed by atoms with Crippen molar-refractivity contribution in [1.82, 2.24) is 4.57 Å². The van der Waals surface area contributed by atoms with Crippen molar-refractivity contribution in [3.8, 4) is 0 Å². The third-order valence-electron chi connectivity index (χ3n) is 4.42. The van der Waals surface area contributed by atoms with Gasteiger partial charge in [-0.1, -0.05) is 71.1 Å². The van der Waals surface area contributed by atoms with Gasteiger partial charge in [-0.2, -0.15) is 0 Å². The maximum absolute atomic E-state index is 11.7. The number of halogens is 1. The van der Waals surface area contributed by atoms with Crippen molar-refractivity contribution in [2.45, 2.75) is 90.5 Å². The van der Waals surface area contributed by atoms with Crippen LogP contribution in [0.25, 0.3) is 0 Å². The summed E-state index contributed by atoms with van der Waals surface area (Å²) in [7, 11) is 1.98. The van der Waals surface area contributed by atoms with Crippen LogP contribution >= 0.6 is 0 Å². The standard InChI is InChI=1S/C20H37N2O2.BrH/c1-3-4-5-6-7-8-9-10-11-12-13-14-20(23)24-18-17-22-16-15-21(2)19-22;/h15-16,19H,3-14,17-18H2,1-2H3;1H/q+1;/p-1. The molecule has 146 valence electrons. The minimum Gasteiger partial charge on any atom is -1.00 e. The summed E-state index contributed by atoms with van der Waals surface area (Å²) in [5.41, 5.74) is 0. The molecule has 0 atom stereocenters. The molecule has 0 radical (unpaired) electrons. The molecule has 0 aliphatic rings. The maximum Gasteiger partial charge on any atom is 0.305 e. The lowest BCUT2D eigenvalue weighted by molar-refractivity contribution is -0.671. The molecule has 1 aromatic rings. The van der Waals surface area contributed by atoms with Crippen molar-refractivity contribution in [3.05, 3.63) is 18.7 Å². The van der Waals surface area contributed by atoms with Gasteiger partial charge < -0.3 is 21.7 Å². The number of nitrogens with zero attached hydrogens (tertiary/aromatic N) is 2. The zero-order valence-electron chi connectivity index (χ0n) is 16.2. The van der Waals surface area contributed by atoms with Crippen LogP contribution in [0.4, 0.5) is 0 Å². The van der Waals surface area contributed by atoms with Crippen LogP contribution in [0.2, 0.25) is 0 Å². The molecule has 1 rings (SSSR count). The molecule has 4 nitrogen and oxygen atoms in total. The SMILES string of the molecule is CCCCCCCCCCCCCC(=O)OCCn1cc[n+](C)c1.[Br-]. The summed E-state index contributed by atoms with van der Waals surface area (Å²) in [6, 6.07) is 0. The van der Waals surface area contributed by atoms with Crippen molar-refractivity contribution < 1.29 is 31.1 Å². The Kier molecular flexibility index (Phi) is 16.1. The van der Waals surface area contributed by atoms with E-state index in [4.69, 9.17) is 4.74 Å². The van der Waals surface area contributed by atoms with Crippen molar-refractivity contribution in [2.24, 2.45) is 7.05 Å². The van der Waals surface area contributed by atoms with E-state index in [0.29, 0.717) is 13.0 Å². The topological polar surface area (TPSA) is 35.1 Å². The Morgan fingerprint density at radius 3 is 2.04 bits per heavy atom. The van der Waals surface area contributed by atoms with E-state index in [2.05, 4.69) is 6.92 Å². The van der Waals surface area contributed by atoms with E-state index in [-0.39, 0.29) is 23.0 Å². The van der Waals surface area contributed by atoms with E-state index in [0.717, 1.165) is 19.4 Å². The first kappa shape index (κ1) is 24.2. The lowest BCUT2D eigenvalue weighted by Gasteiger charge is -2.04. The van der Waals surface area contributed by atoms with Gasteiger partial charge in [-0.15, -0.1) is 0 Å². The number of carbonyl (C=O) groups is 1. The molecule has 5 heteroatoms. The summed E-state index contributed by atoms with van der Waals surface area (Å²) in [6.45, 7) is 3.45. The summed E-state index contributed by atoms with van der Waals surface area (Å²) < 4.78 is 9.28. The number of unbranched alkanes of at least 4 members (excludes halogenated alkanes) is 10. The number of aryl methyl sites for hydroxylation is 1. The molecule has 0 aliphatic heterocycles. The minimum atomic E-state index is -0.0533. The first-order valence-electron chi connectivity index (χ1n) is 9.89. The highest BCUT2D eigenvalue weighted by Crippen LogP contribution is 2.12. The number of ether oxygens (including phenoxy) is 1. The fourth-order valence-electron chi connectivity index (χ4n) is 2.90. The van der Waals surface area contributed by atoms with Crippen LogP contribution in [0.5, 0.6) is 0 Å². The molecule has 0 spiro atoms. The number of esters is 1. The Labute approximate surface area is 164 Å². The lowest BCUT2D eigenvalue weighted by atomic mass is 10.1. The van der Waals surface area contributed by atoms with Crippen molar-refractivity contribution in [1.29, 1.82) is 0 Å². The highest BCUT2D eigenvalue weighted by Gasteiger charge is 2.05. The second-order valence-electron chi connectivity index (χ2n) is 6.82. The minimum absolute atomic E-state index is 0. The van der Waals surface area contributed by atoms with E-state index >= 15 is 0 Å². The van der Waals surface area contributed by atoms with Gasteiger partial charge in [-0.25, -0.2) is 9.13 Å². The van der Waals surface area contributed by atoms with E-state index in [1.165, 1.54) is 57.8 Å². The predicted molar refractivity (Wildman–Crippen MR) is 97.6 cm³/mol. The molecule has 0 unspecified atom stereocenters. The Bertz CT molecular complexity index is 435. The molecule has 0 saturated heterocycles. The molecule has 25 heavy (non-hydrogen) atoms. The van der Waals surface area contributed by atoms with Crippen LogP contribution in [0.15, 0.2) is 18.7 Å². The smallest absolute Gasteiger partial charge is 0.305 e. The summed E-state index contributed by atoms with van der Waals surface area (Å²) in [5.74, 6) is -0.0533. The number of hydrogen-bond donors (Lipinski definition) is 0. The molecule has 0 amide bonds. The molecule has 0 bridgehead atoms. The molecular formula is C20H37BrN2O2. The van der Waals surface area contributed by atoms with Crippen LogP contribution in [0.3, 0.4) is 0 Å². The number of imidazole rings is 1. The second-order valence-corrected chi connectivity index (χ2v) is 6.82. The number of carbonyl (C=O) groups excluding carboxylic acids is 1. The monoisotopic (exact) mass is 416 g/mol. The highest BCUT2D eigenvalue weighted by molar-refractivity contribution is 5.69. The van der Waals surface area contributed by atoms with E-state index in [9.17, 15) is 4.79 Å². The summed E-state index contributed by atoms with van der Waals surface area (Å²) in [4.78, 5) is 11.7. The highest BCUT2D eigenvalue weighted by atomic mass is 79.9. The predicted octanol–water partition coefficient (Wildman–Crippen LogP) is 1.56. The van der Waals surface area contributed by atoms with Crippen LogP contribution in [0, 0.1) is 0 Å². The molecule has 0 aliphatic carbocycles. The maximum atomic E-state index is 11.7. The third-order valence-corrected chi connectivity index (χ3v) is 4.42. The summed E-state index contributed by atoms with van der Waals surface area (Å²) in [5, 5.41) is 0. The Hall–Kier alpha value is -0.840. The van der Waals surface area contributed by atoms with E-state index in [1.807, 2.05) is 34.9 Å². The molecular weight excluding hydrogens is 380 g/mol. The second kappa shape index (κ2) is 16.6. The molecule has 0 aromatic carbocycles. The van der Waals surface area contributed by atoms with E-state index < -0.39 is 0 Å². The average molecular weight is 417 g/mol. The Morgan fingerprint density at radius 1 is 0.960 bits per heavy atom. The Balaban J connectivity index is 0.00000576. The largest absolute Gasteiger partial charge is 1.00 e. The quantitative estimate of drug-likeness (QED) is 0.247. The van der Waals surface area contributed by atoms with Crippen LogP contribution in [-0.2, 0) is 23.1 Å². The fourth-order valence-corrected chi connectivity index (χ4v) is 2.90. The summed E-state index contributed by atoms with van der Waals surface area (Å²) >= 11 is 0. The van der Waals surface area contributed by atoms with E-state index in [1.54, 1.807) is 0 Å². The van der Waals surface area contributed by atoms with Crippen molar-refractivity contribution >= 4 is 5.97 Å². The van der Waals surface area contributed by atoms with Gasteiger partial charge in [0.15, 0.2) is 0 Å². The molecule has 0 N–H and O–H groups in total. The molecule has 1 heterocycles. The normalized spacial score (nSPS) is 10.5. The van der Waals surface area contributed by atoms with Crippen LogP contribution in [-0.4, -0.2) is 17.1 Å². The van der Waals surface area contributed by atoms with Crippen molar-refractivity contribution in [2.75, 3.05) is 6.61 Å². The Morgan fingerprint density at radius 2 is 1.52 bits per heavy atom. The number of rotatable bonds is 15. The zero-order chi connectivity index (χ0) is 17.5. The van der Waals surface area contributed by atoms with Gasteiger partial charge in [0.25, 0.3) is 0 Å². The average Bonchev–Trinajstić information content (AvgIpc) is 2.98. The first-order chi connectivity index (χ1) is 11.7. The van der Waals surface area contributed by atoms with Gasteiger partial charge >= 0.3 is 5.97 Å². The molecule has 0 fully saturated rings.